The zero-order chi connectivity index (χ0) is 20.3. The van der Waals surface area contributed by atoms with Crippen molar-refractivity contribution in [3.63, 3.8) is 0 Å². The number of rotatable bonds is 5. The molecule has 3 N–H and O–H groups in total. The van der Waals surface area contributed by atoms with Gasteiger partial charge < -0.3 is 25.4 Å². The number of hydrogen-bond acceptors (Lipinski definition) is 4. The number of benzene rings is 2. The van der Waals surface area contributed by atoms with Crippen LogP contribution in [0.1, 0.15) is 24.1 Å². The number of amides is 1. The standard InChI is InChI=1S/C21H23N3O3S/c1-12-5-7-14(8-6-12)23-20(25)18-13(2)22-21(28)24-19(18)16-10-9-15(26-3)11-17(16)27-4/h5-11,19H,1-4H3,(H,23,25)(H2,22,24,28)/t19-/m0/s1. The van der Waals surface area contributed by atoms with E-state index in [2.05, 4.69) is 16.0 Å². The van der Waals surface area contributed by atoms with E-state index in [-0.39, 0.29) is 5.91 Å². The number of hydrogen-bond donors (Lipinski definition) is 3. The van der Waals surface area contributed by atoms with Gasteiger partial charge in [0.1, 0.15) is 11.5 Å². The number of nitrogens with one attached hydrogen (secondary N) is 3. The molecule has 28 heavy (non-hydrogen) atoms. The SMILES string of the molecule is COc1ccc([C@@H]2NC(=S)NC(C)=C2C(=O)Nc2ccc(C)cc2)c(OC)c1. The van der Waals surface area contributed by atoms with Crippen LogP contribution in [0.4, 0.5) is 5.69 Å². The Balaban J connectivity index is 1.99. The third-order valence-electron chi connectivity index (χ3n) is 4.57. The van der Waals surface area contributed by atoms with Crippen molar-refractivity contribution in [2.24, 2.45) is 0 Å². The quantitative estimate of drug-likeness (QED) is 0.672. The molecule has 1 aliphatic heterocycles. The Morgan fingerprint density at radius 2 is 1.79 bits per heavy atom. The summed E-state index contributed by atoms with van der Waals surface area (Å²) in [5, 5.41) is 9.63. The number of methoxy groups -OCH3 is 2. The maximum atomic E-state index is 13.1. The summed E-state index contributed by atoms with van der Waals surface area (Å²) in [5.74, 6) is 1.06. The largest absolute Gasteiger partial charge is 0.497 e. The van der Waals surface area contributed by atoms with E-state index >= 15 is 0 Å². The summed E-state index contributed by atoms with van der Waals surface area (Å²) < 4.78 is 10.8. The number of ether oxygens (including phenoxy) is 2. The van der Waals surface area contributed by atoms with Crippen LogP contribution in [-0.4, -0.2) is 25.2 Å². The summed E-state index contributed by atoms with van der Waals surface area (Å²) in [6.45, 7) is 3.83. The molecular formula is C21H23N3O3S. The van der Waals surface area contributed by atoms with Gasteiger partial charge in [0.25, 0.3) is 5.91 Å². The molecule has 0 saturated carbocycles. The summed E-state index contributed by atoms with van der Waals surface area (Å²) in [6.07, 6.45) is 0. The van der Waals surface area contributed by atoms with Gasteiger partial charge >= 0.3 is 0 Å². The molecule has 1 atom stereocenters. The molecule has 0 aliphatic carbocycles. The van der Waals surface area contributed by atoms with E-state index in [4.69, 9.17) is 21.7 Å². The zero-order valence-corrected chi connectivity index (χ0v) is 17.1. The first-order valence-electron chi connectivity index (χ1n) is 8.81. The summed E-state index contributed by atoms with van der Waals surface area (Å²) in [6, 6.07) is 12.7. The van der Waals surface area contributed by atoms with Gasteiger partial charge in [0.05, 0.1) is 25.8 Å². The fourth-order valence-electron chi connectivity index (χ4n) is 3.12. The second kappa shape index (κ2) is 8.31. The number of anilines is 1. The molecule has 7 heteroatoms. The monoisotopic (exact) mass is 397 g/mol. The average molecular weight is 398 g/mol. The third kappa shape index (κ3) is 4.09. The van der Waals surface area contributed by atoms with E-state index in [0.29, 0.717) is 27.9 Å². The maximum absolute atomic E-state index is 13.1. The van der Waals surface area contributed by atoms with E-state index in [0.717, 1.165) is 16.8 Å². The van der Waals surface area contributed by atoms with Crippen LogP contribution < -0.4 is 25.4 Å². The lowest BCUT2D eigenvalue weighted by Crippen LogP contribution is -2.45. The number of thiocarbonyl (C=S) groups is 1. The smallest absolute Gasteiger partial charge is 0.255 e. The lowest BCUT2D eigenvalue weighted by atomic mass is 9.94. The Morgan fingerprint density at radius 1 is 1.07 bits per heavy atom. The first kappa shape index (κ1) is 19.7. The molecule has 2 aromatic rings. The predicted octanol–water partition coefficient (Wildman–Crippen LogP) is 3.44. The van der Waals surface area contributed by atoms with Gasteiger partial charge in [-0.05, 0) is 50.3 Å². The van der Waals surface area contributed by atoms with Crippen LogP contribution in [0, 0.1) is 6.92 Å². The number of carbonyl (C=O) groups is 1. The van der Waals surface area contributed by atoms with Crippen molar-refractivity contribution < 1.29 is 14.3 Å². The second-order valence-electron chi connectivity index (χ2n) is 6.50. The molecule has 0 spiro atoms. The molecule has 0 aromatic heterocycles. The molecule has 1 aliphatic rings. The lowest BCUT2D eigenvalue weighted by Gasteiger charge is -2.31. The highest BCUT2D eigenvalue weighted by molar-refractivity contribution is 7.80. The Labute approximate surface area is 169 Å². The fraction of sp³-hybridized carbons (Fsp3) is 0.238. The topological polar surface area (TPSA) is 71.6 Å². The first-order valence-corrected chi connectivity index (χ1v) is 9.22. The second-order valence-corrected chi connectivity index (χ2v) is 6.91. The van der Waals surface area contributed by atoms with Gasteiger partial charge in [0, 0.05) is 23.0 Å². The van der Waals surface area contributed by atoms with E-state index in [9.17, 15) is 4.79 Å². The minimum Gasteiger partial charge on any atom is -0.497 e. The van der Waals surface area contributed by atoms with Crippen LogP contribution in [-0.2, 0) is 4.79 Å². The van der Waals surface area contributed by atoms with Crippen molar-refractivity contribution >= 4 is 28.9 Å². The summed E-state index contributed by atoms with van der Waals surface area (Å²) in [5.41, 5.74) is 3.87. The van der Waals surface area contributed by atoms with E-state index < -0.39 is 6.04 Å². The molecule has 3 rings (SSSR count). The number of carbonyl (C=O) groups excluding carboxylic acids is 1. The van der Waals surface area contributed by atoms with Crippen LogP contribution in [0.5, 0.6) is 11.5 Å². The van der Waals surface area contributed by atoms with Crippen LogP contribution in [0.15, 0.2) is 53.7 Å². The van der Waals surface area contributed by atoms with Crippen LogP contribution in [0.25, 0.3) is 0 Å². The lowest BCUT2D eigenvalue weighted by molar-refractivity contribution is -0.113. The average Bonchev–Trinajstić information content (AvgIpc) is 2.68. The molecule has 146 valence electrons. The molecule has 0 unspecified atom stereocenters. The maximum Gasteiger partial charge on any atom is 0.255 e. The molecular weight excluding hydrogens is 374 g/mol. The van der Waals surface area contributed by atoms with E-state index in [1.54, 1.807) is 20.3 Å². The van der Waals surface area contributed by atoms with Crippen molar-refractivity contribution in [1.29, 1.82) is 0 Å². The van der Waals surface area contributed by atoms with Crippen molar-refractivity contribution in [3.05, 3.63) is 64.9 Å². The van der Waals surface area contributed by atoms with Crippen molar-refractivity contribution in [3.8, 4) is 11.5 Å². The Kier molecular flexibility index (Phi) is 5.84. The Hall–Kier alpha value is -3.06. The van der Waals surface area contributed by atoms with Gasteiger partial charge in [-0.25, -0.2) is 0 Å². The molecule has 1 heterocycles. The normalized spacial score (nSPS) is 16.1. The summed E-state index contributed by atoms with van der Waals surface area (Å²) in [4.78, 5) is 13.1. The molecule has 0 bridgehead atoms. The van der Waals surface area contributed by atoms with Gasteiger partial charge in [-0.15, -0.1) is 0 Å². The van der Waals surface area contributed by atoms with Gasteiger partial charge in [0.15, 0.2) is 5.11 Å². The minimum absolute atomic E-state index is 0.216. The molecule has 0 fully saturated rings. The predicted molar refractivity (Wildman–Crippen MR) is 114 cm³/mol. The fourth-order valence-corrected chi connectivity index (χ4v) is 3.39. The Morgan fingerprint density at radius 3 is 2.43 bits per heavy atom. The highest BCUT2D eigenvalue weighted by atomic mass is 32.1. The van der Waals surface area contributed by atoms with Gasteiger partial charge in [0.2, 0.25) is 0 Å². The van der Waals surface area contributed by atoms with E-state index in [1.165, 1.54) is 0 Å². The van der Waals surface area contributed by atoms with Gasteiger partial charge in [-0.3, -0.25) is 4.79 Å². The summed E-state index contributed by atoms with van der Waals surface area (Å²) >= 11 is 5.32. The van der Waals surface area contributed by atoms with E-state index in [1.807, 2.05) is 50.2 Å². The molecule has 2 aromatic carbocycles. The highest BCUT2D eigenvalue weighted by Crippen LogP contribution is 2.35. The highest BCUT2D eigenvalue weighted by Gasteiger charge is 2.32. The van der Waals surface area contributed by atoms with Crippen molar-refractivity contribution in [1.82, 2.24) is 10.6 Å². The molecule has 0 saturated heterocycles. The molecule has 0 radical (unpaired) electrons. The number of allylic oxidation sites excluding steroid dienone is 1. The third-order valence-corrected chi connectivity index (χ3v) is 4.79. The van der Waals surface area contributed by atoms with Crippen molar-refractivity contribution in [2.75, 3.05) is 19.5 Å². The first-order chi connectivity index (χ1) is 13.4. The van der Waals surface area contributed by atoms with Crippen LogP contribution in [0.2, 0.25) is 0 Å². The number of aryl methyl sites for hydroxylation is 1. The van der Waals surface area contributed by atoms with Gasteiger partial charge in [-0.1, -0.05) is 17.7 Å². The van der Waals surface area contributed by atoms with Crippen molar-refractivity contribution in [2.45, 2.75) is 19.9 Å². The molecule has 6 nitrogen and oxygen atoms in total. The summed E-state index contributed by atoms with van der Waals surface area (Å²) in [7, 11) is 3.18. The van der Waals surface area contributed by atoms with Crippen LogP contribution >= 0.6 is 12.2 Å². The zero-order valence-electron chi connectivity index (χ0n) is 16.3. The van der Waals surface area contributed by atoms with Crippen LogP contribution in [0.3, 0.4) is 0 Å². The Bertz CT molecular complexity index is 938. The van der Waals surface area contributed by atoms with Gasteiger partial charge in [-0.2, -0.15) is 0 Å². The minimum atomic E-state index is -0.458. The molecule has 1 amide bonds.